The molecule has 6 heterocycles. The Morgan fingerprint density at radius 1 is 0.900 bits per heavy atom. The van der Waals surface area contributed by atoms with Gasteiger partial charge in [0.05, 0.1) is 10.3 Å². The van der Waals surface area contributed by atoms with Gasteiger partial charge < -0.3 is 20.4 Å². The molecule has 2 amide bonds. The van der Waals surface area contributed by atoms with Crippen LogP contribution in [-0.2, 0) is 4.79 Å². The molecule has 2 N–H and O–H groups in total. The number of nitrogens with zero attached hydrogens (tertiary/aromatic N) is 7. The Bertz CT molecular complexity index is 1390. The van der Waals surface area contributed by atoms with E-state index in [1.165, 1.54) is 17.8 Å². The van der Waals surface area contributed by atoms with E-state index in [9.17, 15) is 9.59 Å². The topological polar surface area (TPSA) is 112 Å². The molecule has 10 nitrogen and oxygen atoms in total. The number of carbonyl (C=O) groups is 2. The maximum atomic E-state index is 13.9. The number of aryl methyl sites for hydroxylation is 2. The van der Waals surface area contributed by atoms with E-state index in [4.69, 9.17) is 15.7 Å². The predicted molar refractivity (Wildman–Crippen MR) is 158 cm³/mol. The van der Waals surface area contributed by atoms with Gasteiger partial charge in [0.2, 0.25) is 5.91 Å². The number of piperazine rings is 1. The van der Waals surface area contributed by atoms with Crippen molar-refractivity contribution in [1.29, 1.82) is 0 Å². The van der Waals surface area contributed by atoms with Gasteiger partial charge in [0.1, 0.15) is 27.8 Å². The van der Waals surface area contributed by atoms with Gasteiger partial charge in [0.25, 0.3) is 5.91 Å². The van der Waals surface area contributed by atoms with E-state index in [1.54, 1.807) is 0 Å². The van der Waals surface area contributed by atoms with Crippen molar-refractivity contribution in [2.45, 2.75) is 51.5 Å². The Kier molecular flexibility index (Phi) is 7.35. The van der Waals surface area contributed by atoms with Gasteiger partial charge in [-0.25, -0.2) is 15.0 Å². The molecule has 0 unspecified atom stereocenters. The Hall–Kier alpha value is -3.31. The van der Waals surface area contributed by atoms with E-state index in [0.29, 0.717) is 36.6 Å². The summed E-state index contributed by atoms with van der Waals surface area (Å²) in [6.07, 6.45) is 6.40. The van der Waals surface area contributed by atoms with Crippen molar-refractivity contribution < 1.29 is 9.59 Å². The number of rotatable bonds is 5. The van der Waals surface area contributed by atoms with E-state index < -0.39 is 5.54 Å². The van der Waals surface area contributed by atoms with Crippen LogP contribution in [0.5, 0.6) is 0 Å². The van der Waals surface area contributed by atoms with Crippen molar-refractivity contribution in [3.8, 4) is 0 Å². The SMILES string of the molecule is Cc1nc(N2CCN(c3ccccn3)CC2)c2c(C)c(C(=O)N3CCC(C(N)=O)(N4CCCCC4)CC3)sc2n1. The van der Waals surface area contributed by atoms with Gasteiger partial charge in [-0.15, -0.1) is 11.3 Å². The van der Waals surface area contributed by atoms with Crippen LogP contribution in [0.3, 0.4) is 0 Å². The summed E-state index contributed by atoms with van der Waals surface area (Å²) in [6, 6.07) is 6.00. The van der Waals surface area contributed by atoms with E-state index >= 15 is 0 Å². The summed E-state index contributed by atoms with van der Waals surface area (Å²) < 4.78 is 0. The average molecular weight is 563 g/mol. The van der Waals surface area contributed by atoms with Crippen LogP contribution in [0, 0.1) is 13.8 Å². The third kappa shape index (κ3) is 4.79. The number of amides is 2. The molecule has 212 valence electrons. The summed E-state index contributed by atoms with van der Waals surface area (Å²) in [4.78, 5) is 51.0. The van der Waals surface area contributed by atoms with Gasteiger partial charge in [-0.2, -0.15) is 0 Å². The van der Waals surface area contributed by atoms with Crippen molar-refractivity contribution in [3.05, 3.63) is 40.7 Å². The summed E-state index contributed by atoms with van der Waals surface area (Å²) in [7, 11) is 0. The fourth-order valence-electron chi connectivity index (χ4n) is 6.61. The normalized spacial score (nSPS) is 20.2. The first-order valence-electron chi connectivity index (χ1n) is 14.4. The zero-order valence-corrected chi connectivity index (χ0v) is 24.3. The fraction of sp³-hybridized carbons (Fsp3) is 0.552. The number of hydrogen-bond donors (Lipinski definition) is 1. The molecule has 0 spiro atoms. The molecule has 0 aromatic carbocycles. The second-order valence-corrected chi connectivity index (χ2v) is 12.2. The average Bonchev–Trinajstić information content (AvgIpc) is 3.33. The number of fused-ring (bicyclic) bond motifs is 1. The zero-order chi connectivity index (χ0) is 27.9. The van der Waals surface area contributed by atoms with Crippen molar-refractivity contribution in [1.82, 2.24) is 24.8 Å². The molecule has 3 fully saturated rings. The van der Waals surface area contributed by atoms with Gasteiger partial charge in [0, 0.05) is 45.5 Å². The molecule has 0 bridgehead atoms. The summed E-state index contributed by atoms with van der Waals surface area (Å²) in [5.74, 6) is 2.37. The number of thiophene rings is 1. The molecule has 0 saturated carbocycles. The summed E-state index contributed by atoms with van der Waals surface area (Å²) >= 11 is 1.46. The lowest BCUT2D eigenvalue weighted by Gasteiger charge is -2.48. The lowest BCUT2D eigenvalue weighted by atomic mass is 9.83. The van der Waals surface area contributed by atoms with Crippen LogP contribution < -0.4 is 15.5 Å². The van der Waals surface area contributed by atoms with Crippen LogP contribution in [0.2, 0.25) is 0 Å². The minimum atomic E-state index is -0.639. The highest BCUT2D eigenvalue weighted by Crippen LogP contribution is 2.38. The summed E-state index contributed by atoms with van der Waals surface area (Å²) in [5.41, 5.74) is 6.28. The van der Waals surface area contributed by atoms with Gasteiger partial charge in [0.15, 0.2) is 0 Å². The lowest BCUT2D eigenvalue weighted by molar-refractivity contribution is -0.134. The number of aromatic nitrogens is 3. The zero-order valence-electron chi connectivity index (χ0n) is 23.4. The number of nitrogens with two attached hydrogens (primary N) is 1. The first kappa shape index (κ1) is 26.9. The minimum absolute atomic E-state index is 0.0146. The Morgan fingerprint density at radius 2 is 1.60 bits per heavy atom. The molecule has 0 radical (unpaired) electrons. The number of primary amides is 1. The maximum Gasteiger partial charge on any atom is 0.264 e. The van der Waals surface area contributed by atoms with Crippen molar-refractivity contribution in [2.75, 3.05) is 62.2 Å². The number of anilines is 2. The van der Waals surface area contributed by atoms with Gasteiger partial charge in [-0.1, -0.05) is 12.5 Å². The second kappa shape index (κ2) is 10.9. The molecule has 3 aliphatic heterocycles. The standard InChI is InChI=1S/C29H38N8O2S/c1-20-23-25(35-18-16-34(17-19-35)22-8-4-5-11-31-22)32-21(2)33-26(23)40-24(20)27(38)36-14-9-29(10-15-36,28(30)39)37-12-6-3-7-13-37/h4-5,8,11H,3,6-7,9-10,12-19H2,1-2H3,(H2,30,39). The Balaban J connectivity index is 1.21. The molecule has 40 heavy (non-hydrogen) atoms. The number of pyridine rings is 1. The smallest absolute Gasteiger partial charge is 0.264 e. The van der Waals surface area contributed by atoms with Gasteiger partial charge in [-0.3, -0.25) is 14.5 Å². The Morgan fingerprint density at radius 3 is 2.25 bits per heavy atom. The molecule has 6 rings (SSSR count). The van der Waals surface area contributed by atoms with Crippen LogP contribution in [-0.4, -0.2) is 94.5 Å². The monoisotopic (exact) mass is 562 g/mol. The van der Waals surface area contributed by atoms with E-state index in [-0.39, 0.29) is 11.8 Å². The van der Waals surface area contributed by atoms with Crippen LogP contribution in [0.4, 0.5) is 11.6 Å². The molecule has 0 aliphatic carbocycles. The minimum Gasteiger partial charge on any atom is -0.368 e. The van der Waals surface area contributed by atoms with E-state index in [0.717, 1.165) is 79.5 Å². The molecule has 3 saturated heterocycles. The molecule has 3 aliphatic rings. The molecule has 0 atom stereocenters. The van der Waals surface area contributed by atoms with Crippen molar-refractivity contribution in [3.63, 3.8) is 0 Å². The van der Waals surface area contributed by atoms with Crippen LogP contribution in [0.1, 0.15) is 53.2 Å². The third-order valence-corrected chi connectivity index (χ3v) is 10.1. The molecule has 3 aromatic heterocycles. The molecule has 3 aromatic rings. The second-order valence-electron chi connectivity index (χ2n) is 11.2. The highest BCUT2D eigenvalue weighted by molar-refractivity contribution is 7.20. The predicted octanol–water partition coefficient (Wildman–Crippen LogP) is 2.98. The summed E-state index contributed by atoms with van der Waals surface area (Å²) in [6.45, 7) is 10.1. The van der Waals surface area contributed by atoms with E-state index in [2.05, 4.69) is 19.7 Å². The number of hydrogen-bond acceptors (Lipinski definition) is 9. The van der Waals surface area contributed by atoms with Crippen LogP contribution >= 0.6 is 11.3 Å². The van der Waals surface area contributed by atoms with Gasteiger partial charge in [-0.05, 0) is 70.3 Å². The third-order valence-electron chi connectivity index (χ3n) is 8.93. The first-order chi connectivity index (χ1) is 19.4. The maximum absolute atomic E-state index is 13.9. The fourth-order valence-corrected chi connectivity index (χ4v) is 7.80. The van der Waals surface area contributed by atoms with Gasteiger partial charge >= 0.3 is 0 Å². The highest BCUT2D eigenvalue weighted by Gasteiger charge is 2.46. The van der Waals surface area contributed by atoms with Crippen LogP contribution in [0.15, 0.2) is 24.4 Å². The van der Waals surface area contributed by atoms with Crippen LogP contribution in [0.25, 0.3) is 10.2 Å². The van der Waals surface area contributed by atoms with E-state index in [1.807, 2.05) is 43.1 Å². The van der Waals surface area contributed by atoms with Crippen molar-refractivity contribution in [2.24, 2.45) is 5.73 Å². The highest BCUT2D eigenvalue weighted by atomic mass is 32.1. The molecular formula is C29H38N8O2S. The summed E-state index contributed by atoms with van der Waals surface area (Å²) in [5, 5.41) is 0.974. The largest absolute Gasteiger partial charge is 0.368 e. The molecular weight excluding hydrogens is 524 g/mol. The first-order valence-corrected chi connectivity index (χ1v) is 15.2. The quantitative estimate of drug-likeness (QED) is 0.505. The number of piperidine rings is 2. The molecule has 11 heteroatoms. The number of likely N-dealkylation sites (tertiary alicyclic amines) is 2. The number of carbonyl (C=O) groups excluding carboxylic acids is 2. The lowest BCUT2D eigenvalue weighted by Crippen LogP contribution is -2.63. The van der Waals surface area contributed by atoms with Crippen molar-refractivity contribution >= 4 is 45.0 Å². The Labute approximate surface area is 239 Å².